The minimum atomic E-state index is -0.998. The van der Waals surface area contributed by atoms with Crippen molar-refractivity contribution in [3.8, 4) is 0 Å². The van der Waals surface area contributed by atoms with E-state index in [1.54, 1.807) is 6.92 Å². The van der Waals surface area contributed by atoms with E-state index in [9.17, 15) is 9.59 Å². The van der Waals surface area contributed by atoms with Crippen molar-refractivity contribution in [1.82, 2.24) is 5.32 Å². The predicted octanol–water partition coefficient (Wildman–Crippen LogP) is 0.782. The van der Waals surface area contributed by atoms with Crippen molar-refractivity contribution in [2.45, 2.75) is 39.2 Å². The molecule has 0 aromatic heterocycles. The molecule has 1 saturated heterocycles. The van der Waals surface area contributed by atoms with Crippen LogP contribution >= 0.6 is 0 Å². The van der Waals surface area contributed by atoms with Crippen LogP contribution in [-0.2, 0) is 14.3 Å². The molecule has 1 heterocycles. The number of carboxylic acids is 1. The molecule has 0 aliphatic carbocycles. The molecule has 1 aliphatic rings. The van der Waals surface area contributed by atoms with E-state index in [0.717, 1.165) is 12.8 Å². The molecular formula is C11H19NO4. The van der Waals surface area contributed by atoms with Crippen molar-refractivity contribution in [2.24, 2.45) is 5.41 Å². The summed E-state index contributed by atoms with van der Waals surface area (Å²) in [4.78, 5) is 22.6. The van der Waals surface area contributed by atoms with Gasteiger partial charge in [0.2, 0.25) is 5.91 Å². The Morgan fingerprint density at radius 2 is 2.25 bits per heavy atom. The zero-order valence-electron chi connectivity index (χ0n) is 9.78. The van der Waals surface area contributed by atoms with Crippen LogP contribution in [0.2, 0.25) is 0 Å². The van der Waals surface area contributed by atoms with Gasteiger partial charge in [-0.05, 0) is 13.3 Å². The quantitative estimate of drug-likeness (QED) is 0.730. The molecule has 2 unspecified atom stereocenters. The lowest BCUT2D eigenvalue weighted by Crippen LogP contribution is -2.49. The fourth-order valence-electron chi connectivity index (χ4n) is 1.69. The molecule has 1 rings (SSSR count). The average molecular weight is 229 g/mol. The Kier molecular flexibility index (Phi) is 4.29. The Labute approximate surface area is 95.2 Å². The van der Waals surface area contributed by atoms with Gasteiger partial charge in [0.15, 0.2) is 0 Å². The number of hydrogen-bond acceptors (Lipinski definition) is 3. The highest BCUT2D eigenvalue weighted by molar-refractivity contribution is 5.80. The molecule has 5 heteroatoms. The number of aliphatic carboxylic acids is 1. The number of carboxylic acid groups (broad SMARTS) is 1. The van der Waals surface area contributed by atoms with Gasteiger partial charge in [0.05, 0.1) is 19.3 Å². The first-order valence-corrected chi connectivity index (χ1v) is 5.61. The van der Waals surface area contributed by atoms with Crippen LogP contribution in [0.25, 0.3) is 0 Å². The predicted molar refractivity (Wildman–Crippen MR) is 58.0 cm³/mol. The number of amides is 1. The summed E-state index contributed by atoms with van der Waals surface area (Å²) in [5.41, 5.74) is -0.998. The Hall–Kier alpha value is -1.10. The van der Waals surface area contributed by atoms with Crippen LogP contribution in [0, 0.1) is 5.41 Å². The second-order valence-corrected chi connectivity index (χ2v) is 4.46. The minimum Gasteiger partial charge on any atom is -0.481 e. The first kappa shape index (κ1) is 13.0. The molecule has 1 fully saturated rings. The normalized spacial score (nSPS) is 29.0. The maximum atomic E-state index is 11.5. The molecule has 0 radical (unpaired) electrons. The molecule has 1 amide bonds. The fraction of sp³-hybridized carbons (Fsp3) is 0.818. The number of unbranched alkanes of at least 4 members (excludes halogenated alkanes) is 1. The molecular weight excluding hydrogens is 210 g/mol. The molecule has 16 heavy (non-hydrogen) atoms. The van der Waals surface area contributed by atoms with Crippen molar-refractivity contribution in [1.29, 1.82) is 0 Å². The summed E-state index contributed by atoms with van der Waals surface area (Å²) < 4.78 is 5.14. The molecule has 0 spiro atoms. The van der Waals surface area contributed by atoms with E-state index in [1.807, 2.05) is 6.92 Å². The van der Waals surface area contributed by atoms with Gasteiger partial charge in [-0.15, -0.1) is 0 Å². The third-order valence-corrected chi connectivity index (χ3v) is 3.04. The van der Waals surface area contributed by atoms with Crippen LogP contribution in [0.5, 0.6) is 0 Å². The maximum Gasteiger partial charge on any atom is 0.313 e. The highest BCUT2D eigenvalue weighted by Gasteiger charge is 2.47. The van der Waals surface area contributed by atoms with Gasteiger partial charge in [0.25, 0.3) is 0 Å². The van der Waals surface area contributed by atoms with Crippen LogP contribution in [-0.4, -0.2) is 36.2 Å². The van der Waals surface area contributed by atoms with E-state index in [4.69, 9.17) is 9.84 Å². The van der Waals surface area contributed by atoms with Crippen molar-refractivity contribution in [3.05, 3.63) is 0 Å². The van der Waals surface area contributed by atoms with Crippen molar-refractivity contribution in [3.63, 3.8) is 0 Å². The zero-order chi connectivity index (χ0) is 12.2. The topological polar surface area (TPSA) is 75.6 Å². The van der Waals surface area contributed by atoms with Crippen LogP contribution in [0.1, 0.15) is 33.1 Å². The highest BCUT2D eigenvalue weighted by Crippen LogP contribution is 2.28. The molecule has 2 atom stereocenters. The molecule has 0 aromatic rings. The van der Waals surface area contributed by atoms with Gasteiger partial charge in [-0.3, -0.25) is 9.59 Å². The number of hydrogen-bond donors (Lipinski definition) is 2. The third-order valence-electron chi connectivity index (χ3n) is 3.04. The lowest BCUT2D eigenvalue weighted by molar-refractivity contribution is -0.149. The Bertz CT molecular complexity index is 279. The van der Waals surface area contributed by atoms with Crippen LogP contribution in [0.4, 0.5) is 0 Å². The van der Waals surface area contributed by atoms with Gasteiger partial charge < -0.3 is 15.2 Å². The van der Waals surface area contributed by atoms with Gasteiger partial charge in [0.1, 0.15) is 5.41 Å². The molecule has 0 aromatic carbocycles. The lowest BCUT2D eigenvalue weighted by Gasteiger charge is -2.25. The third kappa shape index (κ3) is 2.72. The lowest BCUT2D eigenvalue weighted by atomic mass is 9.85. The molecule has 0 saturated carbocycles. The summed E-state index contributed by atoms with van der Waals surface area (Å²) in [7, 11) is 0. The van der Waals surface area contributed by atoms with Crippen LogP contribution in [0.15, 0.2) is 0 Å². The van der Waals surface area contributed by atoms with Crippen LogP contribution < -0.4 is 5.32 Å². The number of rotatable bonds is 5. The number of carbonyl (C=O) groups is 2. The summed E-state index contributed by atoms with van der Waals surface area (Å²) in [6.45, 7) is 4.04. The maximum absolute atomic E-state index is 11.5. The second-order valence-electron chi connectivity index (χ2n) is 4.46. The minimum absolute atomic E-state index is 0.0928. The highest BCUT2D eigenvalue weighted by atomic mass is 16.5. The smallest absolute Gasteiger partial charge is 0.313 e. The molecule has 92 valence electrons. The van der Waals surface area contributed by atoms with E-state index < -0.39 is 17.4 Å². The van der Waals surface area contributed by atoms with Crippen molar-refractivity contribution in [2.75, 3.05) is 13.2 Å². The Balaban J connectivity index is 2.53. The van der Waals surface area contributed by atoms with Crippen LogP contribution in [0.3, 0.4) is 0 Å². The molecule has 1 aliphatic heterocycles. The van der Waals surface area contributed by atoms with E-state index in [-0.39, 0.29) is 19.1 Å². The SMILES string of the molecule is CCCCC(=O)NC1COCC1(C)C(=O)O. The van der Waals surface area contributed by atoms with E-state index >= 15 is 0 Å². The molecule has 0 bridgehead atoms. The standard InChI is InChI=1S/C11H19NO4/c1-3-4-5-9(13)12-8-6-16-7-11(8,2)10(14)15/h8H,3-7H2,1-2H3,(H,12,13)(H,14,15). The van der Waals surface area contributed by atoms with E-state index in [2.05, 4.69) is 5.32 Å². The van der Waals surface area contributed by atoms with E-state index in [1.165, 1.54) is 0 Å². The first-order valence-electron chi connectivity index (χ1n) is 5.61. The Morgan fingerprint density at radius 1 is 1.56 bits per heavy atom. The second kappa shape index (κ2) is 5.30. The number of carbonyl (C=O) groups excluding carboxylic acids is 1. The summed E-state index contributed by atoms with van der Waals surface area (Å²) in [6.07, 6.45) is 2.22. The molecule has 5 nitrogen and oxygen atoms in total. The summed E-state index contributed by atoms with van der Waals surface area (Å²) in [5.74, 6) is -1.02. The van der Waals surface area contributed by atoms with Gasteiger partial charge in [-0.25, -0.2) is 0 Å². The largest absolute Gasteiger partial charge is 0.481 e. The van der Waals surface area contributed by atoms with Gasteiger partial charge in [-0.2, -0.15) is 0 Å². The van der Waals surface area contributed by atoms with Gasteiger partial charge in [0, 0.05) is 6.42 Å². The monoisotopic (exact) mass is 229 g/mol. The summed E-state index contributed by atoms with van der Waals surface area (Å²) in [5, 5.41) is 11.8. The first-order chi connectivity index (χ1) is 7.50. The average Bonchev–Trinajstić information content (AvgIpc) is 2.59. The summed E-state index contributed by atoms with van der Waals surface area (Å²) >= 11 is 0. The summed E-state index contributed by atoms with van der Waals surface area (Å²) in [6, 6.07) is -0.422. The van der Waals surface area contributed by atoms with Gasteiger partial charge >= 0.3 is 5.97 Å². The Morgan fingerprint density at radius 3 is 2.81 bits per heavy atom. The number of ether oxygens (including phenoxy) is 1. The van der Waals surface area contributed by atoms with Crippen molar-refractivity contribution < 1.29 is 19.4 Å². The van der Waals surface area contributed by atoms with Crippen molar-refractivity contribution >= 4 is 11.9 Å². The number of nitrogens with one attached hydrogen (secondary N) is 1. The fourth-order valence-corrected chi connectivity index (χ4v) is 1.69. The van der Waals surface area contributed by atoms with E-state index in [0.29, 0.717) is 6.42 Å². The molecule has 2 N–H and O–H groups in total. The van der Waals surface area contributed by atoms with Gasteiger partial charge in [-0.1, -0.05) is 13.3 Å². The zero-order valence-corrected chi connectivity index (χ0v) is 9.78.